The lowest BCUT2D eigenvalue weighted by Crippen LogP contribution is -2.48. The summed E-state index contributed by atoms with van der Waals surface area (Å²) in [4.78, 5) is 12.2. The first-order valence-corrected chi connectivity index (χ1v) is 5.96. The normalized spacial score (nSPS) is 13.4. The van der Waals surface area contributed by atoms with Crippen LogP contribution in [0.3, 0.4) is 0 Å². The largest absolute Gasteiger partial charge is 0.409 e. The molecule has 1 aromatic heterocycles. The number of hydrogen-bond donors (Lipinski definition) is 3. The molecule has 0 spiro atoms. The number of nitrogens with zero attached hydrogens (tertiary/aromatic N) is 3. The van der Waals surface area contributed by atoms with E-state index in [9.17, 15) is 4.79 Å². The number of carbonyl (C=O) groups is 1. The van der Waals surface area contributed by atoms with Crippen molar-refractivity contribution in [2.75, 3.05) is 0 Å². The Morgan fingerprint density at radius 2 is 2.05 bits per heavy atom. The van der Waals surface area contributed by atoms with E-state index in [2.05, 4.69) is 20.7 Å². The molecule has 7 heteroatoms. The van der Waals surface area contributed by atoms with E-state index < -0.39 is 6.04 Å². The van der Waals surface area contributed by atoms with Crippen molar-refractivity contribution in [1.29, 1.82) is 0 Å². The van der Waals surface area contributed by atoms with Crippen LogP contribution in [0.1, 0.15) is 35.6 Å². The van der Waals surface area contributed by atoms with Crippen molar-refractivity contribution in [3.8, 4) is 0 Å². The number of aryl methyl sites for hydroxylation is 2. The maximum Gasteiger partial charge on any atom is 0.253 e. The number of aromatic nitrogens is 2. The van der Waals surface area contributed by atoms with Crippen molar-refractivity contribution in [2.24, 2.45) is 16.8 Å². The highest BCUT2D eigenvalue weighted by Gasteiger charge is 2.22. The maximum absolute atomic E-state index is 12.2. The van der Waals surface area contributed by atoms with Crippen LogP contribution in [0.25, 0.3) is 0 Å². The lowest BCUT2D eigenvalue weighted by Gasteiger charge is -2.21. The highest BCUT2D eigenvalue weighted by atomic mass is 16.4. The summed E-state index contributed by atoms with van der Waals surface area (Å²) in [7, 11) is 0. The van der Waals surface area contributed by atoms with E-state index in [0.29, 0.717) is 17.0 Å². The van der Waals surface area contributed by atoms with Gasteiger partial charge in [0.25, 0.3) is 5.91 Å². The smallest absolute Gasteiger partial charge is 0.253 e. The average molecular weight is 265 g/mol. The minimum absolute atomic E-state index is 0.00366. The summed E-state index contributed by atoms with van der Waals surface area (Å²) in [5.41, 5.74) is 7.19. The molecule has 0 aliphatic carbocycles. The number of amides is 1. The number of carbonyl (C=O) groups excluding carboxylic acids is 1. The fourth-order valence-electron chi connectivity index (χ4n) is 1.64. The van der Waals surface area contributed by atoms with Crippen LogP contribution in [0.4, 0.5) is 0 Å². The molecule has 4 N–H and O–H groups in total. The minimum atomic E-state index is -0.537. The number of nitrogens with one attached hydrogen (secondary N) is 1. The maximum atomic E-state index is 12.2. The van der Waals surface area contributed by atoms with Crippen molar-refractivity contribution in [3.63, 3.8) is 0 Å². The molecule has 0 saturated carbocycles. The molecule has 0 aliphatic rings. The van der Waals surface area contributed by atoms with Gasteiger partial charge in [-0.2, -0.15) is 10.2 Å². The second-order valence-corrected chi connectivity index (χ2v) is 4.70. The Morgan fingerprint density at radius 1 is 1.42 bits per heavy atom. The first kappa shape index (κ1) is 14.9. The highest BCUT2D eigenvalue weighted by molar-refractivity contribution is 5.99. The van der Waals surface area contributed by atoms with Gasteiger partial charge in [-0.25, -0.2) is 0 Å². The molecule has 1 unspecified atom stereocenters. The third-order valence-electron chi connectivity index (χ3n) is 2.73. The molecule has 0 radical (unpaired) electrons. The third-order valence-corrected chi connectivity index (χ3v) is 2.73. The van der Waals surface area contributed by atoms with Crippen LogP contribution in [0, 0.1) is 19.8 Å². The summed E-state index contributed by atoms with van der Waals surface area (Å²) >= 11 is 0. The van der Waals surface area contributed by atoms with Gasteiger partial charge in [0, 0.05) is 0 Å². The van der Waals surface area contributed by atoms with Gasteiger partial charge in [-0.05, 0) is 25.8 Å². The summed E-state index contributed by atoms with van der Waals surface area (Å²) in [6, 6.07) is 1.12. The monoisotopic (exact) mass is 265 g/mol. The summed E-state index contributed by atoms with van der Waals surface area (Å²) in [6.07, 6.45) is 0. The van der Waals surface area contributed by atoms with Crippen molar-refractivity contribution in [1.82, 2.24) is 15.5 Å². The van der Waals surface area contributed by atoms with E-state index in [4.69, 9.17) is 10.9 Å². The van der Waals surface area contributed by atoms with E-state index in [-0.39, 0.29) is 17.7 Å². The van der Waals surface area contributed by atoms with E-state index in [0.717, 1.165) is 0 Å². The molecule has 1 atom stereocenters. The summed E-state index contributed by atoms with van der Waals surface area (Å²) in [5, 5.41) is 22.2. The molecule has 1 heterocycles. The quantitative estimate of drug-likeness (QED) is 0.319. The number of oxime groups is 1. The van der Waals surface area contributed by atoms with Crippen LogP contribution in [-0.4, -0.2) is 33.2 Å². The molecule has 19 heavy (non-hydrogen) atoms. The zero-order valence-electron chi connectivity index (χ0n) is 11.5. The van der Waals surface area contributed by atoms with Crippen LogP contribution in [0.15, 0.2) is 11.2 Å². The van der Waals surface area contributed by atoms with Crippen LogP contribution >= 0.6 is 0 Å². The SMILES string of the molecule is Cc1cc(C(=O)NC(/C(N)=N/O)C(C)C)c(C)nn1. The van der Waals surface area contributed by atoms with E-state index in [1.165, 1.54) is 0 Å². The predicted octanol–water partition coefficient (Wildman–Crippen LogP) is 0.594. The standard InChI is InChI=1S/C12H19N5O2/c1-6(2)10(11(13)17-19)14-12(18)9-5-7(3)15-16-8(9)4/h5-6,10,19H,1-4H3,(H2,13,17)(H,14,18). The van der Waals surface area contributed by atoms with Crippen LogP contribution in [0.2, 0.25) is 0 Å². The molecule has 0 bridgehead atoms. The molecule has 0 aromatic carbocycles. The molecule has 0 fully saturated rings. The summed E-state index contributed by atoms with van der Waals surface area (Å²) in [5.74, 6) is -0.350. The lowest BCUT2D eigenvalue weighted by atomic mass is 10.0. The van der Waals surface area contributed by atoms with Gasteiger partial charge in [-0.15, -0.1) is 0 Å². The van der Waals surface area contributed by atoms with Crippen LogP contribution < -0.4 is 11.1 Å². The summed E-state index contributed by atoms with van der Waals surface area (Å²) < 4.78 is 0. The lowest BCUT2D eigenvalue weighted by molar-refractivity contribution is 0.0937. The Morgan fingerprint density at radius 3 is 2.58 bits per heavy atom. The Labute approximate surface area is 111 Å². The van der Waals surface area contributed by atoms with E-state index in [1.807, 2.05) is 13.8 Å². The Hall–Kier alpha value is -2.18. The molecule has 104 valence electrons. The number of hydrogen-bond acceptors (Lipinski definition) is 5. The van der Waals surface area contributed by atoms with Gasteiger partial charge in [0.05, 0.1) is 23.0 Å². The number of amidine groups is 1. The van der Waals surface area contributed by atoms with Crippen LogP contribution in [-0.2, 0) is 0 Å². The van der Waals surface area contributed by atoms with Gasteiger partial charge < -0.3 is 16.3 Å². The van der Waals surface area contributed by atoms with Crippen molar-refractivity contribution in [3.05, 3.63) is 23.0 Å². The Kier molecular flexibility index (Phi) is 4.80. The third kappa shape index (κ3) is 3.64. The van der Waals surface area contributed by atoms with Gasteiger partial charge in [-0.3, -0.25) is 4.79 Å². The Bertz CT molecular complexity index is 499. The molecule has 1 aromatic rings. The van der Waals surface area contributed by atoms with E-state index >= 15 is 0 Å². The van der Waals surface area contributed by atoms with Gasteiger partial charge >= 0.3 is 0 Å². The van der Waals surface area contributed by atoms with Gasteiger partial charge in [0.1, 0.15) is 0 Å². The van der Waals surface area contributed by atoms with Gasteiger partial charge in [0.15, 0.2) is 5.84 Å². The van der Waals surface area contributed by atoms with Crippen molar-refractivity contribution < 1.29 is 10.0 Å². The first-order valence-electron chi connectivity index (χ1n) is 5.96. The zero-order chi connectivity index (χ0) is 14.6. The fraction of sp³-hybridized carbons (Fsp3) is 0.500. The van der Waals surface area contributed by atoms with Gasteiger partial charge in [-0.1, -0.05) is 19.0 Å². The topological polar surface area (TPSA) is 113 Å². The minimum Gasteiger partial charge on any atom is -0.409 e. The Balaban J connectivity index is 2.97. The highest BCUT2D eigenvalue weighted by Crippen LogP contribution is 2.08. The predicted molar refractivity (Wildman–Crippen MR) is 71.0 cm³/mol. The second-order valence-electron chi connectivity index (χ2n) is 4.70. The molecule has 1 amide bonds. The van der Waals surface area contributed by atoms with Crippen molar-refractivity contribution in [2.45, 2.75) is 33.7 Å². The molecule has 0 aliphatic heterocycles. The number of rotatable bonds is 4. The van der Waals surface area contributed by atoms with Crippen molar-refractivity contribution >= 4 is 11.7 Å². The van der Waals surface area contributed by atoms with Crippen LogP contribution in [0.5, 0.6) is 0 Å². The zero-order valence-corrected chi connectivity index (χ0v) is 11.5. The van der Waals surface area contributed by atoms with Gasteiger partial charge in [0.2, 0.25) is 0 Å². The first-order chi connectivity index (χ1) is 8.86. The molecule has 7 nitrogen and oxygen atoms in total. The molecule has 1 rings (SSSR count). The molecule has 0 saturated heterocycles. The summed E-state index contributed by atoms with van der Waals surface area (Å²) in [6.45, 7) is 7.19. The van der Waals surface area contributed by atoms with E-state index in [1.54, 1.807) is 19.9 Å². The fourth-order valence-corrected chi connectivity index (χ4v) is 1.64. The molecular weight excluding hydrogens is 246 g/mol. The number of nitrogens with two attached hydrogens (primary N) is 1. The molecular formula is C12H19N5O2. The second kappa shape index (κ2) is 6.12. The average Bonchev–Trinajstić information content (AvgIpc) is 2.37.